The van der Waals surface area contributed by atoms with Crippen molar-refractivity contribution in [2.24, 2.45) is 4.99 Å². The van der Waals surface area contributed by atoms with Gasteiger partial charge in [-0.2, -0.15) is 15.0 Å². The van der Waals surface area contributed by atoms with Gasteiger partial charge < -0.3 is 5.32 Å². The van der Waals surface area contributed by atoms with E-state index in [2.05, 4.69) is 140 Å². The number of anilines is 2. The number of amidine groups is 1. The number of amides is 1. The number of nitrogens with one attached hydrogen (secondary N) is 2. The fourth-order valence-corrected chi connectivity index (χ4v) is 17.1. The summed E-state index contributed by atoms with van der Waals surface area (Å²) in [5.74, 6) is 0.986. The molecule has 0 unspecified atom stereocenters. The molecule has 0 aliphatic carbocycles. The van der Waals surface area contributed by atoms with Gasteiger partial charge in [-0.25, -0.2) is 24.6 Å². The van der Waals surface area contributed by atoms with Crippen molar-refractivity contribution < 1.29 is 29.4 Å². The molecule has 1 amide bonds. The van der Waals surface area contributed by atoms with Crippen molar-refractivity contribution in [1.82, 2.24) is 75.1 Å². The summed E-state index contributed by atoms with van der Waals surface area (Å²) in [5.41, 5.74) is 26.5. The van der Waals surface area contributed by atoms with E-state index in [-0.39, 0.29) is 44.2 Å². The second kappa shape index (κ2) is 51.7. The standard InChI is InChI=1S/C21H23N3OS.2C18H17N3O2S.C17H16N4O2.C16H17N5O2.C16H15N5O2/c1-4-5-18-12-16(10-11-22-18)21-24-19(13-26-21)20(25)23-17-8-6-15(7-9-17)14(2)3;2*1-2-3-15-11-14(8-9-19-15)18-20-16(12-24-18)10-13-4-6-17(7-5-13)21(22)23;1-2-3-15-10-17(8-9-18-15)20-12-14(11-19-20)13-4-6-16(7-5-13)21(22)23;1-2-3-13-10-15(8-9-17-13)20-11-18-16(19-20)12-4-6-14(7-5-12)21(22)23;1-2-3-13-10-15(8-9-17-13)20-18-11-16(19-20)12-4-6-14(7-5-12)21(22)23/h6-14H,4-5H2,1-3H3,(H,23,25);2*4-9,11-12H,2-3,10H2,1H3;4-12H,2-3H2,1H3;4-10H,2-3,11H2,1H3,(H,18,19);4-11H,2-3H2,1H3. The summed E-state index contributed by atoms with van der Waals surface area (Å²) in [5, 5.41) is 80.1. The number of hydrogen-bond acceptors (Lipinski definition) is 29. The number of hydrazine groups is 1. The number of rotatable bonds is 33. The second-order valence-corrected chi connectivity index (χ2v) is 35.7. The number of aliphatic imine (C=N–C) groups is 1. The molecule has 34 nitrogen and oxygen atoms in total. The molecule has 17 aromatic rings. The van der Waals surface area contributed by atoms with Gasteiger partial charge in [0.1, 0.15) is 38.9 Å². The summed E-state index contributed by atoms with van der Waals surface area (Å²) in [4.78, 5) is 110. The zero-order valence-corrected chi connectivity index (χ0v) is 82.5. The molecule has 0 bridgehead atoms. The number of aryl methyl sites for hydroxylation is 6. The van der Waals surface area contributed by atoms with E-state index in [9.17, 15) is 55.4 Å². The summed E-state index contributed by atoms with van der Waals surface area (Å²) in [7, 11) is 0. The lowest BCUT2D eigenvalue weighted by atomic mass is 10.0. The van der Waals surface area contributed by atoms with Crippen molar-refractivity contribution in [3.8, 4) is 65.5 Å². The maximum Gasteiger partial charge on any atom is 0.275 e. The topological polar surface area (TPSA) is 437 Å². The van der Waals surface area contributed by atoms with Crippen LogP contribution in [-0.4, -0.2) is 113 Å². The molecule has 0 saturated carbocycles. The van der Waals surface area contributed by atoms with E-state index in [4.69, 9.17) is 9.97 Å². The normalized spacial score (nSPS) is 11.2. The predicted octanol–water partition coefficient (Wildman–Crippen LogP) is 24.5. The highest BCUT2D eigenvalue weighted by Gasteiger charge is 2.22. The lowest BCUT2D eigenvalue weighted by Gasteiger charge is -2.19. The average Bonchev–Trinajstić information content (AvgIpc) is 1.93. The molecule has 0 radical (unpaired) electrons. The van der Waals surface area contributed by atoms with Crippen LogP contribution < -0.4 is 15.8 Å². The van der Waals surface area contributed by atoms with E-state index in [0.29, 0.717) is 42.7 Å². The van der Waals surface area contributed by atoms with Crippen molar-refractivity contribution in [1.29, 1.82) is 0 Å². The van der Waals surface area contributed by atoms with Gasteiger partial charge in [-0.3, -0.25) is 95.7 Å². The third kappa shape index (κ3) is 30.1. The van der Waals surface area contributed by atoms with E-state index in [0.717, 1.165) is 210 Å². The Hall–Kier alpha value is -16.8. The number of hydrogen-bond donors (Lipinski definition) is 2. The molecule has 0 spiro atoms. The monoisotopic (exact) mass is 1970 g/mol. The van der Waals surface area contributed by atoms with Crippen LogP contribution >= 0.6 is 34.0 Å². The van der Waals surface area contributed by atoms with Crippen molar-refractivity contribution in [2.75, 3.05) is 17.0 Å². The molecule has 143 heavy (non-hydrogen) atoms. The number of aromatic nitrogens is 14. The Balaban J connectivity index is 0.000000144. The molecule has 18 rings (SSSR count). The maximum atomic E-state index is 12.5. The van der Waals surface area contributed by atoms with Crippen LogP contribution in [0, 0.1) is 50.6 Å². The first-order valence-corrected chi connectivity index (χ1v) is 49.3. The van der Waals surface area contributed by atoms with E-state index in [1.54, 1.807) is 131 Å². The fourth-order valence-electron chi connectivity index (χ4n) is 14.7. The number of carbonyl (C=O) groups excluding carboxylic acids is 1. The van der Waals surface area contributed by atoms with Gasteiger partial charge in [0.25, 0.3) is 34.3 Å². The number of nitro groups is 5. The Morgan fingerprint density at radius 1 is 0.385 bits per heavy atom. The highest BCUT2D eigenvalue weighted by molar-refractivity contribution is 7.13. The van der Waals surface area contributed by atoms with Gasteiger partial charge in [0.2, 0.25) is 0 Å². The van der Waals surface area contributed by atoms with Crippen LogP contribution in [0.1, 0.15) is 178 Å². The third-order valence-corrected chi connectivity index (χ3v) is 24.8. The first kappa shape index (κ1) is 104. The summed E-state index contributed by atoms with van der Waals surface area (Å²) < 4.78 is 1.79. The Kier molecular flexibility index (Phi) is 37.5. The van der Waals surface area contributed by atoms with Crippen molar-refractivity contribution in [2.45, 2.75) is 151 Å². The molecule has 0 saturated heterocycles. The first-order valence-electron chi connectivity index (χ1n) is 46.6. The third-order valence-electron chi connectivity index (χ3n) is 22.0. The van der Waals surface area contributed by atoms with Gasteiger partial charge in [-0.1, -0.05) is 130 Å². The highest BCUT2D eigenvalue weighted by Crippen LogP contribution is 2.33. The number of thiazole rings is 3. The highest BCUT2D eigenvalue weighted by atomic mass is 32.1. The maximum absolute atomic E-state index is 12.5. The Labute approximate surface area is 837 Å². The van der Waals surface area contributed by atoms with Gasteiger partial charge in [-0.15, -0.1) is 39.1 Å². The minimum Gasteiger partial charge on any atom is -0.321 e. The quantitative estimate of drug-likeness (QED) is 0.0285. The molecule has 0 fully saturated rings. The SMILES string of the molecule is CCCc1cc(-c2nc(C(=O)Nc3ccc(C(C)C)cc3)cs2)ccn1.CCCc1cc(-c2nc(Cc3ccc([N+](=O)[O-])cc3)cs2)ccn1.CCCc1cc(-c2nc(Cc3ccc([N+](=O)[O-])cc3)cs2)ccn1.CCCc1cc(-n2cc(-c3ccc([N+](=O)[O-])cc3)cn2)ccn1.CCCc1cc(-n2ncc(-c3ccc([N+](=O)[O-])cc3)n2)ccn1.CCCc1cc(N2CN=C(c3ccc([N+](=O)[O-])cc3)N2)ccn1. The molecule has 12 heterocycles. The predicted molar refractivity (Wildman–Crippen MR) is 559 cm³/mol. The number of nitro benzene ring substituents is 5. The molecule has 0 atom stereocenters. The molecule has 11 aromatic heterocycles. The first-order chi connectivity index (χ1) is 69.4. The number of pyridine rings is 6. The number of non-ortho nitro benzene ring substituents is 5. The second-order valence-electron chi connectivity index (χ2n) is 33.2. The Bertz CT molecular complexity index is 6870. The van der Waals surface area contributed by atoms with Gasteiger partial charge >= 0.3 is 0 Å². The van der Waals surface area contributed by atoms with Gasteiger partial charge in [0.05, 0.1) is 65.5 Å². The lowest BCUT2D eigenvalue weighted by molar-refractivity contribution is -0.385. The molecule has 1 aliphatic heterocycles. The van der Waals surface area contributed by atoms with Gasteiger partial charge in [0, 0.05) is 206 Å². The summed E-state index contributed by atoms with van der Waals surface area (Å²) in [6, 6.07) is 64.1. The number of benzene rings is 6. The van der Waals surface area contributed by atoms with Crippen LogP contribution in [0.4, 0.5) is 39.8 Å². The number of nitrogens with zero attached hydrogens (tertiary/aromatic N) is 21. The molecular weight excluding hydrogens is 1870 g/mol. The Morgan fingerprint density at radius 2 is 0.755 bits per heavy atom. The molecule has 728 valence electrons. The van der Waals surface area contributed by atoms with Crippen LogP contribution in [0.15, 0.2) is 295 Å². The van der Waals surface area contributed by atoms with Crippen molar-refractivity contribution in [3.05, 3.63) is 414 Å². The molecule has 37 heteroatoms. The van der Waals surface area contributed by atoms with E-state index in [1.165, 1.54) is 82.4 Å². The minimum atomic E-state index is -0.424. The van der Waals surface area contributed by atoms with Gasteiger partial charge in [0.15, 0.2) is 0 Å². The van der Waals surface area contributed by atoms with Gasteiger partial charge in [-0.05, 0) is 188 Å². The number of carbonyl (C=O) groups is 1. The lowest BCUT2D eigenvalue weighted by Crippen LogP contribution is -2.36. The molecule has 6 aromatic carbocycles. The van der Waals surface area contributed by atoms with Crippen LogP contribution in [0.2, 0.25) is 0 Å². The molecular formula is C106H105N23O11S3. The van der Waals surface area contributed by atoms with Crippen LogP contribution in [0.3, 0.4) is 0 Å². The zero-order valence-electron chi connectivity index (χ0n) is 80.0. The molecule has 1 aliphatic rings. The minimum absolute atomic E-state index is 0.0551. The molecule has 2 N–H and O–H groups in total. The largest absolute Gasteiger partial charge is 0.321 e. The smallest absolute Gasteiger partial charge is 0.275 e. The van der Waals surface area contributed by atoms with E-state index >= 15 is 0 Å². The zero-order chi connectivity index (χ0) is 101. The van der Waals surface area contributed by atoms with E-state index < -0.39 is 14.8 Å². The summed E-state index contributed by atoms with van der Waals surface area (Å²) in [6.45, 7) is 17.5. The van der Waals surface area contributed by atoms with Crippen molar-refractivity contribution >= 4 is 85.6 Å². The summed E-state index contributed by atoms with van der Waals surface area (Å²) >= 11 is 4.69. The van der Waals surface area contributed by atoms with Crippen LogP contribution in [0.5, 0.6) is 0 Å². The Morgan fingerprint density at radius 3 is 1.18 bits per heavy atom. The van der Waals surface area contributed by atoms with Crippen LogP contribution in [-0.2, 0) is 51.4 Å². The van der Waals surface area contributed by atoms with Crippen LogP contribution in [0.25, 0.3) is 65.5 Å². The fraction of sp³-hybridized carbons (Fsp3) is 0.226. The van der Waals surface area contributed by atoms with Crippen molar-refractivity contribution in [3.63, 3.8) is 0 Å². The average molecular weight is 1970 g/mol. The summed E-state index contributed by atoms with van der Waals surface area (Å²) in [6.07, 6.45) is 29.4. The van der Waals surface area contributed by atoms with E-state index in [1.807, 2.05) is 113 Å².